The molecule has 0 amide bonds. The maximum Gasteiger partial charge on any atom is 0.494 e. The molecule has 1 heterocycles. The van der Waals surface area contributed by atoms with E-state index in [4.69, 9.17) is 9.31 Å². The van der Waals surface area contributed by atoms with Crippen molar-refractivity contribution in [1.82, 2.24) is 0 Å². The minimum Gasteiger partial charge on any atom is -0.399 e. The van der Waals surface area contributed by atoms with Crippen molar-refractivity contribution >= 4 is 23.4 Å². The number of hydrogen-bond acceptors (Lipinski definition) is 3. The molecular weight excluding hydrogens is 247 g/mol. The third kappa shape index (κ3) is 2.39. The highest BCUT2D eigenvalue weighted by atomic mass is 32.2. The molecule has 5 heteroatoms. The van der Waals surface area contributed by atoms with Crippen LogP contribution in [0.3, 0.4) is 0 Å². The predicted octanol–water partition coefficient (Wildman–Crippen LogP) is 1.72. The summed E-state index contributed by atoms with van der Waals surface area (Å²) in [4.78, 5) is 0.815. The Morgan fingerprint density at radius 3 is 1.83 bits per heavy atom. The van der Waals surface area contributed by atoms with Gasteiger partial charge in [0, 0.05) is 22.0 Å². The van der Waals surface area contributed by atoms with Crippen LogP contribution in [0, 0.1) is 0 Å². The van der Waals surface area contributed by atoms with Crippen molar-refractivity contribution in [2.75, 3.05) is 6.26 Å². The first kappa shape index (κ1) is 13.8. The normalized spacial score (nSPS) is 23.1. The topological polar surface area (TPSA) is 35.5 Å². The van der Waals surface area contributed by atoms with Gasteiger partial charge in [0.2, 0.25) is 0 Å². The number of rotatable bonds is 2. The number of hydrogen-bond donors (Lipinski definition) is 0. The Bertz CT molecular complexity index is 452. The molecule has 1 aliphatic heterocycles. The second kappa shape index (κ2) is 4.47. The summed E-state index contributed by atoms with van der Waals surface area (Å²) >= 11 is 0. The molecule has 0 spiro atoms. The van der Waals surface area contributed by atoms with Crippen LogP contribution in [0.4, 0.5) is 0 Å². The van der Waals surface area contributed by atoms with Crippen LogP contribution < -0.4 is 5.46 Å². The summed E-state index contributed by atoms with van der Waals surface area (Å²) in [5.41, 5.74) is 0.302. The van der Waals surface area contributed by atoms with Crippen LogP contribution in [0.1, 0.15) is 27.7 Å². The van der Waals surface area contributed by atoms with E-state index in [9.17, 15) is 4.21 Å². The zero-order chi connectivity index (χ0) is 13.6. The zero-order valence-corrected chi connectivity index (χ0v) is 12.3. The first-order chi connectivity index (χ1) is 8.23. The molecule has 0 bridgehead atoms. The van der Waals surface area contributed by atoms with Gasteiger partial charge in [-0.2, -0.15) is 0 Å². The smallest absolute Gasteiger partial charge is 0.399 e. The van der Waals surface area contributed by atoms with Crippen LogP contribution in [-0.4, -0.2) is 28.8 Å². The molecule has 0 radical (unpaired) electrons. The SMILES string of the molecule is C[S@](=O)c1ccc(B2OC(C)(C)C(C)(C)O2)cc1. The second-order valence-corrected chi connectivity index (χ2v) is 6.99. The van der Waals surface area contributed by atoms with E-state index in [1.165, 1.54) is 0 Å². The van der Waals surface area contributed by atoms with Gasteiger partial charge in [-0.05, 0) is 45.3 Å². The Kier molecular flexibility index (Phi) is 3.43. The minimum absolute atomic E-state index is 0.329. The molecule has 0 aromatic heterocycles. The fourth-order valence-corrected chi connectivity index (χ4v) is 2.32. The van der Waals surface area contributed by atoms with Crippen molar-refractivity contribution in [3.8, 4) is 0 Å². The van der Waals surface area contributed by atoms with Gasteiger partial charge in [0.15, 0.2) is 0 Å². The first-order valence-corrected chi connectivity index (χ1v) is 7.58. The molecule has 1 aromatic rings. The van der Waals surface area contributed by atoms with Crippen molar-refractivity contribution in [1.29, 1.82) is 0 Å². The summed E-state index contributed by atoms with van der Waals surface area (Å²) in [5, 5.41) is 0. The van der Waals surface area contributed by atoms with E-state index in [1.54, 1.807) is 6.26 Å². The highest BCUT2D eigenvalue weighted by Gasteiger charge is 2.51. The van der Waals surface area contributed by atoms with Gasteiger partial charge in [-0.3, -0.25) is 4.21 Å². The summed E-state index contributed by atoms with van der Waals surface area (Å²) < 4.78 is 23.2. The standard InChI is InChI=1S/C13H19BO3S/c1-12(2)13(3,4)17-14(16-12)10-6-8-11(9-7-10)18(5)15/h6-9H,1-5H3/t18-/m0/s1. The molecule has 0 unspecified atom stereocenters. The van der Waals surface area contributed by atoms with E-state index in [0.29, 0.717) is 0 Å². The Morgan fingerprint density at radius 2 is 1.44 bits per heavy atom. The minimum atomic E-state index is -0.951. The van der Waals surface area contributed by atoms with Crippen LogP contribution in [0.25, 0.3) is 0 Å². The van der Waals surface area contributed by atoms with Gasteiger partial charge in [-0.1, -0.05) is 12.1 Å². The number of benzene rings is 1. The van der Waals surface area contributed by atoms with Gasteiger partial charge in [-0.25, -0.2) is 0 Å². The third-order valence-electron chi connectivity index (χ3n) is 3.74. The molecule has 2 rings (SSSR count). The monoisotopic (exact) mass is 266 g/mol. The van der Waals surface area contributed by atoms with Gasteiger partial charge < -0.3 is 9.31 Å². The summed E-state index contributed by atoms with van der Waals surface area (Å²) in [6.07, 6.45) is 1.67. The molecule has 0 saturated carbocycles. The molecule has 98 valence electrons. The highest BCUT2D eigenvalue weighted by molar-refractivity contribution is 7.84. The molecule has 0 aliphatic carbocycles. The molecular formula is C13H19BO3S. The van der Waals surface area contributed by atoms with Gasteiger partial charge in [0.05, 0.1) is 11.2 Å². The average molecular weight is 266 g/mol. The van der Waals surface area contributed by atoms with Crippen molar-refractivity contribution in [2.45, 2.75) is 43.8 Å². The quantitative estimate of drug-likeness (QED) is 0.765. The molecule has 3 nitrogen and oxygen atoms in total. The van der Waals surface area contributed by atoms with Crippen molar-refractivity contribution < 1.29 is 13.5 Å². The lowest BCUT2D eigenvalue weighted by molar-refractivity contribution is 0.00578. The molecule has 1 saturated heterocycles. The van der Waals surface area contributed by atoms with E-state index in [0.717, 1.165) is 10.4 Å². The Morgan fingerprint density at radius 1 is 1.00 bits per heavy atom. The fraction of sp³-hybridized carbons (Fsp3) is 0.538. The van der Waals surface area contributed by atoms with Crippen LogP contribution in [0.5, 0.6) is 0 Å². The van der Waals surface area contributed by atoms with Gasteiger partial charge in [0.25, 0.3) is 0 Å². The van der Waals surface area contributed by atoms with Crippen LogP contribution in [-0.2, 0) is 20.1 Å². The summed E-state index contributed by atoms with van der Waals surface area (Å²) in [7, 11) is -1.30. The van der Waals surface area contributed by atoms with Gasteiger partial charge in [-0.15, -0.1) is 0 Å². The lowest BCUT2D eigenvalue weighted by Gasteiger charge is -2.32. The van der Waals surface area contributed by atoms with E-state index < -0.39 is 10.8 Å². The highest BCUT2D eigenvalue weighted by Crippen LogP contribution is 2.36. The molecule has 1 aliphatic rings. The Balaban J connectivity index is 2.22. The van der Waals surface area contributed by atoms with Crippen molar-refractivity contribution in [2.24, 2.45) is 0 Å². The molecule has 1 aromatic carbocycles. The molecule has 1 fully saturated rings. The summed E-state index contributed by atoms with van der Waals surface area (Å²) in [6.45, 7) is 8.12. The Labute approximate surface area is 111 Å². The Hall–Kier alpha value is -0.645. The molecule has 1 atom stereocenters. The van der Waals surface area contributed by atoms with Gasteiger partial charge >= 0.3 is 7.12 Å². The van der Waals surface area contributed by atoms with Crippen LogP contribution in [0.15, 0.2) is 29.2 Å². The van der Waals surface area contributed by atoms with Crippen LogP contribution in [0.2, 0.25) is 0 Å². The lowest BCUT2D eigenvalue weighted by atomic mass is 9.79. The van der Waals surface area contributed by atoms with E-state index >= 15 is 0 Å². The zero-order valence-electron chi connectivity index (χ0n) is 11.5. The third-order valence-corrected chi connectivity index (χ3v) is 4.67. The fourth-order valence-electron chi connectivity index (χ4n) is 1.80. The van der Waals surface area contributed by atoms with E-state index in [1.807, 2.05) is 52.0 Å². The van der Waals surface area contributed by atoms with Crippen molar-refractivity contribution in [3.63, 3.8) is 0 Å². The maximum absolute atomic E-state index is 11.3. The van der Waals surface area contributed by atoms with E-state index in [-0.39, 0.29) is 18.3 Å². The molecule has 0 N–H and O–H groups in total. The molecule has 18 heavy (non-hydrogen) atoms. The van der Waals surface area contributed by atoms with Crippen LogP contribution >= 0.6 is 0 Å². The van der Waals surface area contributed by atoms with Gasteiger partial charge in [0.1, 0.15) is 0 Å². The van der Waals surface area contributed by atoms with E-state index in [2.05, 4.69) is 0 Å². The second-order valence-electron chi connectivity index (χ2n) is 5.61. The lowest BCUT2D eigenvalue weighted by Crippen LogP contribution is -2.41. The van der Waals surface area contributed by atoms with Crippen molar-refractivity contribution in [3.05, 3.63) is 24.3 Å². The maximum atomic E-state index is 11.3. The average Bonchev–Trinajstić information content (AvgIpc) is 2.48. The summed E-state index contributed by atoms with van der Waals surface area (Å²) in [6, 6.07) is 7.55. The first-order valence-electron chi connectivity index (χ1n) is 6.02. The largest absolute Gasteiger partial charge is 0.494 e. The summed E-state index contributed by atoms with van der Waals surface area (Å²) in [5.74, 6) is 0. The predicted molar refractivity (Wildman–Crippen MR) is 74.5 cm³/mol.